The molecular formula is C21H24N2O2S. The maximum atomic E-state index is 13.0. The van der Waals surface area contributed by atoms with Crippen LogP contribution in [0.5, 0.6) is 0 Å². The first-order chi connectivity index (χ1) is 12.5. The molecule has 0 bridgehead atoms. The molecule has 2 aromatic carbocycles. The van der Waals surface area contributed by atoms with Crippen LogP contribution in [-0.2, 0) is 10.0 Å². The van der Waals surface area contributed by atoms with E-state index in [1.165, 1.54) is 10.9 Å². The number of aromatic nitrogens is 1. The van der Waals surface area contributed by atoms with Crippen molar-refractivity contribution in [2.45, 2.75) is 37.5 Å². The van der Waals surface area contributed by atoms with Crippen molar-refractivity contribution in [3.63, 3.8) is 0 Å². The second-order valence-corrected chi connectivity index (χ2v) is 9.15. The van der Waals surface area contributed by atoms with E-state index in [1.807, 2.05) is 26.0 Å². The van der Waals surface area contributed by atoms with Crippen LogP contribution in [0.3, 0.4) is 0 Å². The molecule has 1 saturated heterocycles. The Morgan fingerprint density at radius 3 is 2.46 bits per heavy atom. The standard InChI is InChI=1S/C21H24N2O2S/c1-15-7-8-18(13-16(15)2)26(24,25)23-11-9-17(10-12-23)20-14-22-21-6-4-3-5-19(20)21/h3-8,13-14,17,22H,9-12H2,1-2H3. The van der Waals surface area contributed by atoms with E-state index in [2.05, 4.69) is 29.4 Å². The number of benzene rings is 2. The minimum Gasteiger partial charge on any atom is -0.361 e. The van der Waals surface area contributed by atoms with Crippen LogP contribution >= 0.6 is 0 Å². The average molecular weight is 369 g/mol. The van der Waals surface area contributed by atoms with E-state index in [4.69, 9.17) is 0 Å². The summed E-state index contributed by atoms with van der Waals surface area (Å²) in [7, 11) is -3.41. The number of piperidine rings is 1. The molecule has 0 unspecified atom stereocenters. The Kier molecular flexibility index (Phi) is 4.37. The van der Waals surface area contributed by atoms with E-state index < -0.39 is 10.0 Å². The molecule has 0 spiro atoms. The molecule has 5 heteroatoms. The molecular weight excluding hydrogens is 344 g/mol. The summed E-state index contributed by atoms with van der Waals surface area (Å²) >= 11 is 0. The van der Waals surface area contributed by atoms with Crippen LogP contribution in [0, 0.1) is 13.8 Å². The van der Waals surface area contributed by atoms with Crippen molar-refractivity contribution in [1.29, 1.82) is 0 Å². The van der Waals surface area contributed by atoms with Gasteiger partial charge in [0.25, 0.3) is 0 Å². The Bertz CT molecular complexity index is 1040. The van der Waals surface area contributed by atoms with Crippen LogP contribution < -0.4 is 0 Å². The number of nitrogens with one attached hydrogen (secondary N) is 1. The Balaban J connectivity index is 1.53. The van der Waals surface area contributed by atoms with Crippen LogP contribution in [0.4, 0.5) is 0 Å². The van der Waals surface area contributed by atoms with Gasteiger partial charge in [-0.25, -0.2) is 8.42 Å². The predicted molar refractivity (Wildman–Crippen MR) is 105 cm³/mol. The molecule has 0 saturated carbocycles. The summed E-state index contributed by atoms with van der Waals surface area (Å²) in [6.45, 7) is 5.09. The number of fused-ring (bicyclic) bond motifs is 1. The van der Waals surface area contributed by atoms with Gasteiger partial charge in [-0.15, -0.1) is 0 Å². The van der Waals surface area contributed by atoms with Gasteiger partial charge in [0.1, 0.15) is 0 Å². The second kappa shape index (κ2) is 6.56. The molecule has 0 radical (unpaired) electrons. The van der Waals surface area contributed by atoms with Gasteiger partial charge < -0.3 is 4.98 Å². The molecule has 0 amide bonds. The van der Waals surface area contributed by atoms with Gasteiger partial charge in [0, 0.05) is 30.2 Å². The topological polar surface area (TPSA) is 53.2 Å². The second-order valence-electron chi connectivity index (χ2n) is 7.21. The average Bonchev–Trinajstić information content (AvgIpc) is 3.08. The summed E-state index contributed by atoms with van der Waals surface area (Å²) in [6, 6.07) is 13.7. The first-order valence-corrected chi connectivity index (χ1v) is 10.5. The summed E-state index contributed by atoms with van der Waals surface area (Å²) in [5.41, 5.74) is 4.58. The summed E-state index contributed by atoms with van der Waals surface area (Å²) < 4.78 is 27.6. The van der Waals surface area contributed by atoms with Crippen molar-refractivity contribution in [2.24, 2.45) is 0 Å². The number of hydrogen-bond donors (Lipinski definition) is 1. The van der Waals surface area contributed by atoms with Gasteiger partial charge in [0.15, 0.2) is 0 Å². The van der Waals surface area contributed by atoms with E-state index in [0.29, 0.717) is 23.9 Å². The highest BCUT2D eigenvalue weighted by molar-refractivity contribution is 7.89. The summed E-state index contributed by atoms with van der Waals surface area (Å²) in [5.74, 6) is 0.400. The first kappa shape index (κ1) is 17.3. The van der Waals surface area contributed by atoms with Crippen LogP contribution in [0.1, 0.15) is 35.4 Å². The lowest BCUT2D eigenvalue weighted by Crippen LogP contribution is -2.37. The number of nitrogens with zero attached hydrogens (tertiary/aromatic N) is 1. The summed E-state index contributed by atoms with van der Waals surface area (Å²) in [6.07, 6.45) is 3.79. The molecule has 136 valence electrons. The fourth-order valence-electron chi connectivity index (χ4n) is 3.86. The van der Waals surface area contributed by atoms with Crippen LogP contribution in [0.2, 0.25) is 0 Å². The summed E-state index contributed by atoms with van der Waals surface area (Å²) in [4.78, 5) is 3.74. The van der Waals surface area contributed by atoms with Gasteiger partial charge in [-0.2, -0.15) is 4.31 Å². The Morgan fingerprint density at radius 2 is 1.73 bits per heavy atom. The quantitative estimate of drug-likeness (QED) is 0.747. The first-order valence-electron chi connectivity index (χ1n) is 9.10. The lowest BCUT2D eigenvalue weighted by Gasteiger charge is -2.31. The van der Waals surface area contributed by atoms with Crippen molar-refractivity contribution in [1.82, 2.24) is 9.29 Å². The third-order valence-electron chi connectivity index (χ3n) is 5.63. The van der Waals surface area contributed by atoms with Gasteiger partial charge in [-0.05, 0) is 67.5 Å². The largest absolute Gasteiger partial charge is 0.361 e. The Labute approximate surface area is 154 Å². The van der Waals surface area contributed by atoms with Gasteiger partial charge in [-0.1, -0.05) is 24.3 Å². The maximum Gasteiger partial charge on any atom is 0.243 e. The fourth-order valence-corrected chi connectivity index (χ4v) is 5.42. The number of para-hydroxylation sites is 1. The number of H-pyrrole nitrogens is 1. The highest BCUT2D eigenvalue weighted by Gasteiger charge is 2.30. The van der Waals surface area contributed by atoms with Crippen molar-refractivity contribution in [2.75, 3.05) is 13.1 Å². The molecule has 4 nitrogen and oxygen atoms in total. The van der Waals surface area contributed by atoms with Gasteiger partial charge in [-0.3, -0.25) is 0 Å². The highest BCUT2D eigenvalue weighted by Crippen LogP contribution is 2.34. The Morgan fingerprint density at radius 1 is 1.00 bits per heavy atom. The van der Waals surface area contributed by atoms with E-state index in [-0.39, 0.29) is 0 Å². The highest BCUT2D eigenvalue weighted by atomic mass is 32.2. The lowest BCUT2D eigenvalue weighted by atomic mass is 9.90. The molecule has 0 aliphatic carbocycles. The maximum absolute atomic E-state index is 13.0. The van der Waals surface area contributed by atoms with Gasteiger partial charge in [0.05, 0.1) is 4.90 Å². The number of rotatable bonds is 3. The molecule has 1 fully saturated rings. The third kappa shape index (κ3) is 2.95. The molecule has 3 aromatic rings. The van der Waals surface area contributed by atoms with Crippen molar-refractivity contribution < 1.29 is 8.42 Å². The van der Waals surface area contributed by atoms with Gasteiger partial charge >= 0.3 is 0 Å². The fraction of sp³-hybridized carbons (Fsp3) is 0.333. The third-order valence-corrected chi connectivity index (χ3v) is 7.53. The predicted octanol–water partition coefficient (Wildman–Crippen LogP) is 4.35. The molecule has 1 aliphatic rings. The van der Waals surface area contributed by atoms with Crippen molar-refractivity contribution in [3.05, 3.63) is 65.4 Å². The minimum absolute atomic E-state index is 0.400. The SMILES string of the molecule is Cc1ccc(S(=O)(=O)N2CCC(c3c[nH]c4ccccc34)CC2)cc1C. The van der Waals surface area contributed by atoms with Gasteiger partial charge in [0.2, 0.25) is 10.0 Å². The molecule has 1 aromatic heterocycles. The zero-order chi connectivity index (χ0) is 18.3. The normalized spacial score (nSPS) is 17.0. The molecule has 1 aliphatic heterocycles. The van der Waals surface area contributed by atoms with Crippen LogP contribution in [0.25, 0.3) is 10.9 Å². The van der Waals surface area contributed by atoms with E-state index in [0.717, 1.165) is 29.5 Å². The van der Waals surface area contributed by atoms with E-state index >= 15 is 0 Å². The molecule has 4 rings (SSSR count). The zero-order valence-corrected chi connectivity index (χ0v) is 16.0. The van der Waals surface area contributed by atoms with E-state index in [1.54, 1.807) is 16.4 Å². The van der Waals surface area contributed by atoms with Crippen LogP contribution in [0.15, 0.2) is 53.6 Å². The zero-order valence-electron chi connectivity index (χ0n) is 15.2. The monoisotopic (exact) mass is 368 g/mol. The number of aryl methyl sites for hydroxylation is 2. The minimum atomic E-state index is -3.41. The number of sulfonamides is 1. The molecule has 0 atom stereocenters. The molecule has 1 N–H and O–H groups in total. The number of aromatic amines is 1. The molecule has 26 heavy (non-hydrogen) atoms. The van der Waals surface area contributed by atoms with Crippen molar-refractivity contribution in [3.8, 4) is 0 Å². The van der Waals surface area contributed by atoms with Crippen LogP contribution in [-0.4, -0.2) is 30.8 Å². The summed E-state index contributed by atoms with van der Waals surface area (Å²) in [5, 5.41) is 1.25. The van der Waals surface area contributed by atoms with Crippen molar-refractivity contribution >= 4 is 20.9 Å². The Hall–Kier alpha value is -2.11. The molecule has 2 heterocycles. The lowest BCUT2D eigenvalue weighted by molar-refractivity contribution is 0.320. The number of hydrogen-bond acceptors (Lipinski definition) is 2. The van der Waals surface area contributed by atoms with E-state index in [9.17, 15) is 8.42 Å². The smallest absolute Gasteiger partial charge is 0.243 e.